The Morgan fingerprint density at radius 2 is 1.89 bits per heavy atom. The summed E-state index contributed by atoms with van der Waals surface area (Å²) in [6, 6.07) is 0.192. The predicted octanol–water partition coefficient (Wildman–Crippen LogP) is 2.45. The van der Waals surface area contributed by atoms with E-state index >= 15 is 0 Å². The number of likely N-dealkylation sites (tertiary alicyclic amines) is 1. The fourth-order valence-electron chi connectivity index (χ4n) is 2.21. The number of nitrogens with zero attached hydrogens (tertiary/aromatic N) is 1. The molecule has 19 heavy (non-hydrogen) atoms. The van der Waals surface area contributed by atoms with Crippen LogP contribution in [0.5, 0.6) is 0 Å². The van der Waals surface area contributed by atoms with Gasteiger partial charge in [-0.25, -0.2) is 4.79 Å². The SMILES string of the molecule is CC1CCN(CCCNC(=O)NC(C)C(C)C)CC1. The van der Waals surface area contributed by atoms with Crippen molar-refractivity contribution in [2.24, 2.45) is 11.8 Å². The highest BCUT2D eigenvalue weighted by molar-refractivity contribution is 5.74. The molecule has 0 saturated carbocycles. The van der Waals surface area contributed by atoms with Gasteiger partial charge in [-0.2, -0.15) is 0 Å². The van der Waals surface area contributed by atoms with Crippen LogP contribution in [0.1, 0.15) is 47.0 Å². The van der Waals surface area contributed by atoms with E-state index in [0.717, 1.165) is 25.4 Å². The summed E-state index contributed by atoms with van der Waals surface area (Å²) >= 11 is 0. The van der Waals surface area contributed by atoms with Crippen molar-refractivity contribution in [3.8, 4) is 0 Å². The number of amides is 2. The molecule has 2 amide bonds. The third kappa shape index (κ3) is 6.81. The van der Waals surface area contributed by atoms with E-state index in [4.69, 9.17) is 0 Å². The highest BCUT2D eigenvalue weighted by Crippen LogP contribution is 2.15. The normalized spacial score (nSPS) is 19.4. The van der Waals surface area contributed by atoms with E-state index in [2.05, 4.69) is 36.3 Å². The molecule has 0 aromatic carbocycles. The first-order valence-corrected chi connectivity index (χ1v) is 7.75. The van der Waals surface area contributed by atoms with Crippen molar-refractivity contribution >= 4 is 6.03 Å². The number of carbonyl (C=O) groups excluding carboxylic acids is 1. The van der Waals surface area contributed by atoms with Crippen LogP contribution in [0.4, 0.5) is 4.79 Å². The first kappa shape index (κ1) is 16.3. The van der Waals surface area contributed by atoms with Gasteiger partial charge in [-0.05, 0) is 57.7 Å². The minimum atomic E-state index is -0.0338. The molecule has 1 atom stereocenters. The third-order valence-corrected chi connectivity index (χ3v) is 4.17. The molecule has 0 aromatic heterocycles. The maximum atomic E-state index is 11.6. The molecule has 4 nitrogen and oxygen atoms in total. The van der Waals surface area contributed by atoms with E-state index in [0.29, 0.717) is 5.92 Å². The van der Waals surface area contributed by atoms with Crippen LogP contribution in [-0.2, 0) is 0 Å². The van der Waals surface area contributed by atoms with Gasteiger partial charge in [-0.3, -0.25) is 0 Å². The summed E-state index contributed by atoms with van der Waals surface area (Å²) in [7, 11) is 0. The predicted molar refractivity (Wildman–Crippen MR) is 80.3 cm³/mol. The highest BCUT2D eigenvalue weighted by Gasteiger charge is 2.15. The fourth-order valence-corrected chi connectivity index (χ4v) is 2.21. The largest absolute Gasteiger partial charge is 0.338 e. The zero-order valence-corrected chi connectivity index (χ0v) is 13.0. The number of hydrogen-bond donors (Lipinski definition) is 2. The first-order chi connectivity index (χ1) is 8.99. The number of piperidine rings is 1. The average molecular weight is 269 g/mol. The van der Waals surface area contributed by atoms with Crippen molar-refractivity contribution < 1.29 is 4.79 Å². The first-order valence-electron chi connectivity index (χ1n) is 7.75. The van der Waals surface area contributed by atoms with Crippen LogP contribution >= 0.6 is 0 Å². The number of nitrogens with one attached hydrogen (secondary N) is 2. The van der Waals surface area contributed by atoms with E-state index in [1.54, 1.807) is 0 Å². The smallest absolute Gasteiger partial charge is 0.315 e. The number of hydrogen-bond acceptors (Lipinski definition) is 2. The summed E-state index contributed by atoms with van der Waals surface area (Å²) in [5.74, 6) is 1.36. The Morgan fingerprint density at radius 1 is 1.26 bits per heavy atom. The second-order valence-corrected chi connectivity index (χ2v) is 6.31. The fraction of sp³-hybridized carbons (Fsp3) is 0.933. The summed E-state index contributed by atoms with van der Waals surface area (Å²) in [6.45, 7) is 12.9. The molecule has 112 valence electrons. The lowest BCUT2D eigenvalue weighted by Crippen LogP contribution is -2.43. The molecular formula is C15H31N3O. The molecule has 1 heterocycles. The van der Waals surface area contributed by atoms with E-state index < -0.39 is 0 Å². The Hall–Kier alpha value is -0.770. The molecule has 0 spiro atoms. The van der Waals surface area contributed by atoms with Crippen molar-refractivity contribution in [3.05, 3.63) is 0 Å². The zero-order valence-electron chi connectivity index (χ0n) is 13.0. The number of rotatable bonds is 6. The molecule has 0 bridgehead atoms. The van der Waals surface area contributed by atoms with Gasteiger partial charge in [0, 0.05) is 12.6 Å². The summed E-state index contributed by atoms with van der Waals surface area (Å²) in [5.41, 5.74) is 0. The lowest BCUT2D eigenvalue weighted by Gasteiger charge is -2.30. The van der Waals surface area contributed by atoms with Gasteiger partial charge in [0.2, 0.25) is 0 Å². The summed E-state index contributed by atoms with van der Waals surface area (Å²) in [4.78, 5) is 14.1. The van der Waals surface area contributed by atoms with Crippen LogP contribution in [0.25, 0.3) is 0 Å². The van der Waals surface area contributed by atoms with Crippen LogP contribution in [0.15, 0.2) is 0 Å². The molecule has 2 N–H and O–H groups in total. The van der Waals surface area contributed by atoms with Crippen molar-refractivity contribution in [1.29, 1.82) is 0 Å². The lowest BCUT2D eigenvalue weighted by atomic mass is 9.99. The monoisotopic (exact) mass is 269 g/mol. The van der Waals surface area contributed by atoms with E-state index in [1.165, 1.54) is 25.9 Å². The second-order valence-electron chi connectivity index (χ2n) is 6.31. The zero-order chi connectivity index (χ0) is 14.3. The summed E-state index contributed by atoms with van der Waals surface area (Å²) in [6.07, 6.45) is 3.68. The molecule has 1 saturated heterocycles. The molecule has 0 aliphatic carbocycles. The highest BCUT2D eigenvalue weighted by atomic mass is 16.2. The minimum Gasteiger partial charge on any atom is -0.338 e. The minimum absolute atomic E-state index is 0.0338. The summed E-state index contributed by atoms with van der Waals surface area (Å²) in [5, 5.41) is 5.90. The van der Waals surface area contributed by atoms with Crippen molar-refractivity contribution in [1.82, 2.24) is 15.5 Å². The van der Waals surface area contributed by atoms with Crippen LogP contribution in [0.2, 0.25) is 0 Å². The Labute approximate surface area is 118 Å². The molecule has 0 aromatic rings. The number of carbonyl (C=O) groups is 1. The molecule has 4 heteroatoms. The van der Waals surface area contributed by atoms with Crippen molar-refractivity contribution in [2.75, 3.05) is 26.2 Å². The molecule has 0 radical (unpaired) electrons. The van der Waals surface area contributed by atoms with Gasteiger partial charge in [0.1, 0.15) is 0 Å². The van der Waals surface area contributed by atoms with E-state index in [1.807, 2.05) is 6.92 Å². The molecule has 1 aliphatic heterocycles. The van der Waals surface area contributed by atoms with E-state index in [-0.39, 0.29) is 12.1 Å². The standard InChI is InChI=1S/C15H31N3O/c1-12(2)14(4)17-15(19)16-8-5-9-18-10-6-13(3)7-11-18/h12-14H,5-11H2,1-4H3,(H2,16,17,19). The molecular weight excluding hydrogens is 238 g/mol. The van der Waals surface area contributed by atoms with Gasteiger partial charge >= 0.3 is 6.03 Å². The molecule has 1 unspecified atom stereocenters. The average Bonchev–Trinajstić information content (AvgIpc) is 2.36. The van der Waals surface area contributed by atoms with Crippen LogP contribution in [0, 0.1) is 11.8 Å². The maximum Gasteiger partial charge on any atom is 0.315 e. The van der Waals surface area contributed by atoms with Crippen molar-refractivity contribution in [3.63, 3.8) is 0 Å². The Balaban J connectivity index is 2.02. The maximum absolute atomic E-state index is 11.6. The Bertz CT molecular complexity index is 260. The molecule has 1 rings (SSSR count). The van der Waals surface area contributed by atoms with Gasteiger partial charge in [-0.1, -0.05) is 20.8 Å². The lowest BCUT2D eigenvalue weighted by molar-refractivity contribution is 0.190. The van der Waals surface area contributed by atoms with Gasteiger partial charge in [0.05, 0.1) is 0 Å². The second kappa shape index (κ2) is 8.41. The van der Waals surface area contributed by atoms with Crippen LogP contribution in [0.3, 0.4) is 0 Å². The van der Waals surface area contributed by atoms with Gasteiger partial charge < -0.3 is 15.5 Å². The molecule has 1 aliphatic rings. The quantitative estimate of drug-likeness (QED) is 0.728. The van der Waals surface area contributed by atoms with Crippen LogP contribution in [-0.4, -0.2) is 43.2 Å². The van der Waals surface area contributed by atoms with Gasteiger partial charge in [-0.15, -0.1) is 0 Å². The molecule has 1 fully saturated rings. The Kier molecular flexibility index (Phi) is 7.21. The van der Waals surface area contributed by atoms with E-state index in [9.17, 15) is 4.79 Å². The Morgan fingerprint density at radius 3 is 2.47 bits per heavy atom. The third-order valence-electron chi connectivity index (χ3n) is 4.17. The topological polar surface area (TPSA) is 44.4 Å². The van der Waals surface area contributed by atoms with Crippen LogP contribution < -0.4 is 10.6 Å². The van der Waals surface area contributed by atoms with Gasteiger partial charge in [0.25, 0.3) is 0 Å². The summed E-state index contributed by atoms with van der Waals surface area (Å²) < 4.78 is 0. The van der Waals surface area contributed by atoms with Crippen molar-refractivity contribution in [2.45, 2.75) is 53.0 Å². The number of urea groups is 1. The van der Waals surface area contributed by atoms with Gasteiger partial charge in [0.15, 0.2) is 0 Å².